The molecule has 4 aromatic rings. The van der Waals surface area contributed by atoms with Crippen molar-refractivity contribution in [3.05, 3.63) is 112 Å². The Kier molecular flexibility index (Phi) is 14.0. The average molecular weight is 787 g/mol. The number of halogens is 2. The van der Waals surface area contributed by atoms with Crippen LogP contribution < -0.4 is 23.8 Å². The first-order valence-corrected chi connectivity index (χ1v) is 18.6. The molecular weight excluding hydrogens is 746 g/mol. The van der Waals surface area contributed by atoms with E-state index < -0.39 is 28.5 Å². The van der Waals surface area contributed by atoms with E-state index in [0.29, 0.717) is 12.3 Å². The molecule has 4 aromatic carbocycles. The van der Waals surface area contributed by atoms with E-state index in [0.717, 1.165) is 32.7 Å². The number of hydrogen-bond donors (Lipinski definition) is 1. The highest BCUT2D eigenvalue weighted by atomic mass is 79.9. The molecule has 0 bridgehead atoms. The minimum absolute atomic E-state index is 0.0217. The van der Waals surface area contributed by atoms with Gasteiger partial charge in [-0.25, -0.2) is 8.42 Å². The van der Waals surface area contributed by atoms with Crippen LogP contribution >= 0.6 is 27.5 Å². The van der Waals surface area contributed by atoms with Crippen LogP contribution in [0.2, 0.25) is 5.02 Å². The van der Waals surface area contributed by atoms with Crippen LogP contribution in [0.15, 0.2) is 100 Å². The molecule has 0 heterocycles. The number of unbranched alkanes of at least 4 members (excludes halogenated alkanes) is 1. The second-order valence-corrected chi connectivity index (χ2v) is 14.6. The summed E-state index contributed by atoms with van der Waals surface area (Å²) in [4.78, 5) is 30.0. The monoisotopic (exact) mass is 785 g/mol. The molecule has 1 N–H and O–H groups in total. The van der Waals surface area contributed by atoms with E-state index in [-0.39, 0.29) is 46.0 Å². The minimum Gasteiger partial charge on any atom is -0.495 e. The fourth-order valence-corrected chi connectivity index (χ4v) is 7.41. The lowest BCUT2D eigenvalue weighted by Crippen LogP contribution is -2.53. The number of amides is 2. The minimum atomic E-state index is -4.49. The van der Waals surface area contributed by atoms with Crippen molar-refractivity contribution in [3.8, 4) is 17.2 Å². The lowest BCUT2D eigenvalue weighted by Gasteiger charge is -2.34. The zero-order valence-corrected chi connectivity index (χ0v) is 31.6. The van der Waals surface area contributed by atoms with E-state index in [9.17, 15) is 18.0 Å². The maximum Gasteiger partial charge on any atom is 0.265 e. The van der Waals surface area contributed by atoms with Gasteiger partial charge in [0.05, 0.1) is 31.9 Å². The van der Waals surface area contributed by atoms with Gasteiger partial charge < -0.3 is 24.4 Å². The molecule has 0 aliphatic rings. The molecule has 0 aliphatic carbocycles. The molecule has 0 spiro atoms. The zero-order valence-electron chi connectivity index (χ0n) is 28.4. The van der Waals surface area contributed by atoms with Gasteiger partial charge in [-0.3, -0.25) is 13.9 Å². The normalized spacial score (nSPS) is 11.7. The van der Waals surface area contributed by atoms with Crippen molar-refractivity contribution in [1.82, 2.24) is 10.2 Å². The Morgan fingerprint density at radius 3 is 2.18 bits per heavy atom. The Morgan fingerprint density at radius 1 is 0.840 bits per heavy atom. The fourth-order valence-electron chi connectivity index (χ4n) is 5.37. The summed E-state index contributed by atoms with van der Waals surface area (Å²) in [5.74, 6) is -0.292. The number of sulfonamides is 1. The van der Waals surface area contributed by atoms with E-state index in [1.165, 1.54) is 56.6 Å². The van der Waals surface area contributed by atoms with E-state index >= 15 is 0 Å². The summed E-state index contributed by atoms with van der Waals surface area (Å²) in [7, 11) is -0.254. The molecule has 0 fully saturated rings. The summed E-state index contributed by atoms with van der Waals surface area (Å²) < 4.78 is 47.2. The van der Waals surface area contributed by atoms with Gasteiger partial charge in [-0.1, -0.05) is 83.3 Å². The van der Waals surface area contributed by atoms with Gasteiger partial charge in [0.1, 0.15) is 18.3 Å². The zero-order chi connectivity index (χ0) is 36.3. The highest BCUT2D eigenvalue weighted by molar-refractivity contribution is 9.10. The summed E-state index contributed by atoms with van der Waals surface area (Å²) in [6, 6.07) is 24.5. The van der Waals surface area contributed by atoms with Gasteiger partial charge in [0.15, 0.2) is 11.5 Å². The smallest absolute Gasteiger partial charge is 0.265 e. The predicted octanol–water partition coefficient (Wildman–Crippen LogP) is 6.88. The van der Waals surface area contributed by atoms with Gasteiger partial charge >= 0.3 is 0 Å². The van der Waals surface area contributed by atoms with Crippen LogP contribution in [0.5, 0.6) is 17.2 Å². The lowest BCUT2D eigenvalue weighted by molar-refractivity contribution is -0.140. The number of ether oxygens (including phenoxy) is 3. The molecule has 0 saturated heterocycles. The summed E-state index contributed by atoms with van der Waals surface area (Å²) in [5, 5.41) is 3.22. The molecule has 13 heteroatoms. The third-order valence-corrected chi connectivity index (χ3v) is 10.5. The maximum absolute atomic E-state index is 14.8. The molecule has 50 heavy (non-hydrogen) atoms. The van der Waals surface area contributed by atoms with Gasteiger partial charge in [0, 0.05) is 35.1 Å². The second-order valence-electron chi connectivity index (χ2n) is 11.3. The molecule has 1 atom stereocenters. The van der Waals surface area contributed by atoms with Crippen LogP contribution in [-0.2, 0) is 32.6 Å². The number of carbonyl (C=O) groups excluding carboxylic acids is 2. The number of carbonyl (C=O) groups is 2. The topological polar surface area (TPSA) is 114 Å². The van der Waals surface area contributed by atoms with Crippen LogP contribution in [0.25, 0.3) is 0 Å². The lowest BCUT2D eigenvalue weighted by atomic mass is 10.0. The molecule has 1 unspecified atom stereocenters. The molecule has 0 aliphatic heterocycles. The van der Waals surface area contributed by atoms with E-state index in [1.807, 2.05) is 61.5 Å². The van der Waals surface area contributed by atoms with Crippen LogP contribution in [0.4, 0.5) is 5.69 Å². The van der Waals surface area contributed by atoms with Crippen LogP contribution in [-0.4, -0.2) is 65.6 Å². The molecule has 2 amide bonds. The number of hydrogen-bond acceptors (Lipinski definition) is 7. The predicted molar refractivity (Wildman–Crippen MR) is 199 cm³/mol. The third-order valence-electron chi connectivity index (χ3n) is 7.97. The molecule has 266 valence electrons. The summed E-state index contributed by atoms with van der Waals surface area (Å²) in [6.45, 7) is 1.79. The Labute approximate surface area is 307 Å². The first-order valence-electron chi connectivity index (χ1n) is 16.0. The van der Waals surface area contributed by atoms with Gasteiger partial charge in [-0.2, -0.15) is 0 Å². The molecular formula is C37H41BrClN3O7S. The van der Waals surface area contributed by atoms with Crippen LogP contribution in [0.3, 0.4) is 0 Å². The summed E-state index contributed by atoms with van der Waals surface area (Å²) >= 11 is 9.90. The quantitative estimate of drug-likeness (QED) is 0.116. The molecule has 10 nitrogen and oxygen atoms in total. The SMILES string of the molecule is CCCCNC(=O)C(Cc1ccccc1)N(Cc1cccc(Br)c1)C(=O)CN(c1cc(Cl)ccc1OC)S(=O)(=O)c1ccc(OC)c(OC)c1. The van der Waals surface area contributed by atoms with E-state index in [1.54, 1.807) is 6.07 Å². The number of benzene rings is 4. The molecule has 0 saturated carbocycles. The van der Waals surface area contributed by atoms with Crippen molar-refractivity contribution in [2.75, 3.05) is 38.7 Å². The third kappa shape index (κ3) is 9.70. The van der Waals surface area contributed by atoms with Crippen molar-refractivity contribution in [3.63, 3.8) is 0 Å². The summed E-state index contributed by atoms with van der Waals surface area (Å²) in [5.41, 5.74) is 1.61. The number of rotatable bonds is 17. The Hall–Kier alpha value is -4.26. The highest BCUT2D eigenvalue weighted by Crippen LogP contribution is 2.37. The molecule has 4 rings (SSSR count). The molecule has 0 radical (unpaired) electrons. The van der Waals surface area contributed by atoms with Crippen molar-refractivity contribution in [2.24, 2.45) is 0 Å². The highest BCUT2D eigenvalue weighted by Gasteiger charge is 2.36. The number of methoxy groups -OCH3 is 3. The molecule has 0 aromatic heterocycles. The second kappa shape index (κ2) is 18.1. The Morgan fingerprint density at radius 2 is 1.52 bits per heavy atom. The van der Waals surface area contributed by atoms with Crippen molar-refractivity contribution < 1.29 is 32.2 Å². The first-order chi connectivity index (χ1) is 24.0. The van der Waals surface area contributed by atoms with E-state index in [4.69, 9.17) is 25.8 Å². The number of nitrogens with one attached hydrogen (secondary N) is 1. The van der Waals surface area contributed by atoms with Crippen molar-refractivity contribution in [2.45, 2.75) is 43.7 Å². The number of nitrogens with zero attached hydrogens (tertiary/aromatic N) is 2. The summed E-state index contributed by atoms with van der Waals surface area (Å²) in [6.07, 6.45) is 1.82. The van der Waals surface area contributed by atoms with Gasteiger partial charge in [-0.05, 0) is 60.0 Å². The Bertz CT molecular complexity index is 1880. The Balaban J connectivity index is 1.87. The average Bonchev–Trinajstić information content (AvgIpc) is 3.12. The fraction of sp³-hybridized carbons (Fsp3) is 0.297. The first kappa shape index (κ1) is 38.5. The van der Waals surface area contributed by atoms with Gasteiger partial charge in [0.25, 0.3) is 10.0 Å². The number of anilines is 1. The van der Waals surface area contributed by atoms with Crippen LogP contribution in [0, 0.1) is 0 Å². The van der Waals surface area contributed by atoms with Crippen molar-refractivity contribution >= 4 is 55.1 Å². The standard InChI is InChI=1S/C37H41BrClN3O7S/c1-5-6-19-40-37(44)32(21-26-11-8-7-9-12-26)41(24-27-13-10-14-28(38)20-27)36(43)25-42(31-22-29(39)15-17-33(31)47-2)50(45,46)30-16-18-34(48-3)35(23-30)49-4/h7-18,20,22-23,32H,5-6,19,21,24-25H2,1-4H3,(H,40,44). The van der Waals surface area contributed by atoms with Crippen LogP contribution in [0.1, 0.15) is 30.9 Å². The van der Waals surface area contributed by atoms with Gasteiger partial charge in [0.2, 0.25) is 11.8 Å². The van der Waals surface area contributed by atoms with Crippen molar-refractivity contribution in [1.29, 1.82) is 0 Å². The largest absolute Gasteiger partial charge is 0.495 e. The van der Waals surface area contributed by atoms with Gasteiger partial charge in [-0.15, -0.1) is 0 Å². The van der Waals surface area contributed by atoms with E-state index in [2.05, 4.69) is 21.2 Å². The maximum atomic E-state index is 14.8.